The van der Waals surface area contributed by atoms with E-state index in [1.54, 1.807) is 0 Å². The van der Waals surface area contributed by atoms with E-state index in [4.69, 9.17) is 11.6 Å². The molecular formula is C15H17ClFN5OS. The Labute approximate surface area is 148 Å². The first-order chi connectivity index (χ1) is 11.5. The fourth-order valence-corrected chi connectivity index (χ4v) is 3.65. The maximum Gasteiger partial charge on any atom is 0.325 e. The number of nitrogens with zero attached hydrogens (tertiary/aromatic N) is 3. The highest BCUT2D eigenvalue weighted by atomic mass is 35.5. The Balaban J connectivity index is 1.61. The first kappa shape index (κ1) is 16.9. The highest BCUT2D eigenvalue weighted by molar-refractivity contribution is 7.19. The third-order valence-corrected chi connectivity index (χ3v) is 5.03. The van der Waals surface area contributed by atoms with Gasteiger partial charge in [0.2, 0.25) is 10.3 Å². The zero-order chi connectivity index (χ0) is 17.1. The van der Waals surface area contributed by atoms with Crippen LogP contribution in [0.1, 0.15) is 26.2 Å². The maximum absolute atomic E-state index is 13.1. The van der Waals surface area contributed by atoms with Crippen molar-refractivity contribution in [3.8, 4) is 0 Å². The number of rotatable bonds is 3. The number of benzene rings is 1. The SMILES string of the molecule is CC1CCCCN1c1nnc(NC(=O)Nc2ccc(F)c(Cl)c2)s1. The van der Waals surface area contributed by atoms with Crippen LogP contribution in [0.3, 0.4) is 0 Å². The molecule has 2 amide bonds. The molecule has 1 aliphatic heterocycles. The van der Waals surface area contributed by atoms with E-state index in [2.05, 4.69) is 32.7 Å². The Morgan fingerprint density at radius 1 is 1.38 bits per heavy atom. The predicted octanol–water partition coefficient (Wildman–Crippen LogP) is 4.35. The number of hydrogen-bond acceptors (Lipinski definition) is 5. The van der Waals surface area contributed by atoms with E-state index in [0.717, 1.165) is 24.5 Å². The number of halogens is 2. The lowest BCUT2D eigenvalue weighted by Gasteiger charge is -2.32. The van der Waals surface area contributed by atoms with E-state index < -0.39 is 11.8 Å². The number of piperidine rings is 1. The van der Waals surface area contributed by atoms with Gasteiger partial charge in [0.25, 0.3) is 0 Å². The summed E-state index contributed by atoms with van der Waals surface area (Å²) in [5, 5.41) is 14.5. The van der Waals surface area contributed by atoms with E-state index in [1.807, 2.05) is 0 Å². The molecule has 0 bridgehead atoms. The second-order valence-electron chi connectivity index (χ2n) is 5.64. The summed E-state index contributed by atoms with van der Waals surface area (Å²) in [6.45, 7) is 3.12. The van der Waals surface area contributed by atoms with Crippen molar-refractivity contribution < 1.29 is 9.18 Å². The number of nitrogens with one attached hydrogen (secondary N) is 2. The molecule has 3 rings (SSSR count). The van der Waals surface area contributed by atoms with Gasteiger partial charge in [-0.1, -0.05) is 22.9 Å². The predicted molar refractivity (Wildman–Crippen MR) is 94.6 cm³/mol. The van der Waals surface area contributed by atoms with Gasteiger partial charge in [0.05, 0.1) is 5.02 Å². The van der Waals surface area contributed by atoms with Gasteiger partial charge in [0, 0.05) is 18.3 Å². The summed E-state index contributed by atoms with van der Waals surface area (Å²) in [5.41, 5.74) is 0.397. The molecule has 1 aliphatic rings. The molecule has 128 valence electrons. The average molecular weight is 370 g/mol. The third kappa shape index (κ3) is 3.93. The van der Waals surface area contributed by atoms with Crippen LogP contribution in [-0.2, 0) is 0 Å². The first-order valence-corrected chi connectivity index (χ1v) is 8.85. The maximum atomic E-state index is 13.1. The van der Waals surface area contributed by atoms with Crippen molar-refractivity contribution in [2.75, 3.05) is 22.1 Å². The molecule has 0 spiro atoms. The van der Waals surface area contributed by atoms with E-state index >= 15 is 0 Å². The first-order valence-electron chi connectivity index (χ1n) is 7.66. The van der Waals surface area contributed by atoms with Gasteiger partial charge in [0.15, 0.2) is 0 Å². The second-order valence-corrected chi connectivity index (χ2v) is 7.00. The lowest BCUT2D eigenvalue weighted by molar-refractivity contribution is 0.262. The van der Waals surface area contributed by atoms with Gasteiger partial charge in [-0.05, 0) is 44.4 Å². The Kier molecular flexibility index (Phi) is 5.15. The van der Waals surface area contributed by atoms with E-state index in [9.17, 15) is 9.18 Å². The van der Waals surface area contributed by atoms with Crippen LogP contribution < -0.4 is 15.5 Å². The van der Waals surface area contributed by atoms with Gasteiger partial charge in [0.1, 0.15) is 5.82 Å². The summed E-state index contributed by atoms with van der Waals surface area (Å²) >= 11 is 7.02. The molecule has 2 N–H and O–H groups in total. The smallest absolute Gasteiger partial charge is 0.325 e. The van der Waals surface area contributed by atoms with Crippen molar-refractivity contribution in [3.63, 3.8) is 0 Å². The third-order valence-electron chi connectivity index (χ3n) is 3.86. The molecule has 0 radical (unpaired) electrons. The van der Waals surface area contributed by atoms with Gasteiger partial charge in [-0.15, -0.1) is 10.2 Å². The van der Waals surface area contributed by atoms with Crippen LogP contribution in [0.4, 0.5) is 25.1 Å². The van der Waals surface area contributed by atoms with Crippen LogP contribution in [0.25, 0.3) is 0 Å². The Morgan fingerprint density at radius 3 is 2.96 bits per heavy atom. The highest BCUT2D eigenvalue weighted by Crippen LogP contribution is 2.29. The van der Waals surface area contributed by atoms with Crippen molar-refractivity contribution in [3.05, 3.63) is 29.0 Å². The summed E-state index contributed by atoms with van der Waals surface area (Å²) in [6, 6.07) is 3.92. The molecule has 1 unspecified atom stereocenters. The monoisotopic (exact) mass is 369 g/mol. The molecule has 1 aromatic carbocycles. The van der Waals surface area contributed by atoms with Crippen molar-refractivity contribution in [2.24, 2.45) is 0 Å². The number of carbonyl (C=O) groups is 1. The summed E-state index contributed by atoms with van der Waals surface area (Å²) in [4.78, 5) is 14.2. The summed E-state index contributed by atoms with van der Waals surface area (Å²) in [6.07, 6.45) is 3.50. The molecule has 1 atom stereocenters. The minimum atomic E-state index is -0.535. The quantitative estimate of drug-likeness (QED) is 0.843. The molecule has 2 aromatic rings. The fraction of sp³-hybridized carbons (Fsp3) is 0.400. The molecule has 0 aliphatic carbocycles. The van der Waals surface area contributed by atoms with E-state index in [0.29, 0.717) is 16.9 Å². The zero-order valence-corrected chi connectivity index (χ0v) is 14.6. The molecule has 1 fully saturated rings. The molecule has 1 saturated heterocycles. The molecule has 24 heavy (non-hydrogen) atoms. The number of anilines is 3. The second kappa shape index (κ2) is 7.31. The fourth-order valence-electron chi connectivity index (χ4n) is 2.60. The molecule has 6 nitrogen and oxygen atoms in total. The molecule has 0 saturated carbocycles. The summed E-state index contributed by atoms with van der Waals surface area (Å²) in [7, 11) is 0. The van der Waals surface area contributed by atoms with Gasteiger partial charge < -0.3 is 10.2 Å². The minimum absolute atomic E-state index is 0.0508. The summed E-state index contributed by atoms with van der Waals surface area (Å²) < 4.78 is 13.1. The van der Waals surface area contributed by atoms with Crippen LogP contribution in [0, 0.1) is 5.82 Å². The van der Waals surface area contributed by atoms with Crippen LogP contribution in [0.15, 0.2) is 18.2 Å². The number of hydrogen-bond donors (Lipinski definition) is 2. The topological polar surface area (TPSA) is 70.2 Å². The number of amides is 2. The van der Waals surface area contributed by atoms with Crippen LogP contribution in [0.5, 0.6) is 0 Å². The highest BCUT2D eigenvalue weighted by Gasteiger charge is 2.22. The lowest BCUT2D eigenvalue weighted by Crippen LogP contribution is -2.37. The van der Waals surface area contributed by atoms with Gasteiger partial charge in [-0.3, -0.25) is 5.32 Å². The number of urea groups is 1. The molecular weight excluding hydrogens is 353 g/mol. The number of carbonyl (C=O) groups excluding carboxylic acids is 1. The normalized spacial score (nSPS) is 17.6. The molecule has 9 heteroatoms. The zero-order valence-electron chi connectivity index (χ0n) is 13.1. The van der Waals surface area contributed by atoms with Crippen molar-refractivity contribution >= 4 is 44.9 Å². The summed E-state index contributed by atoms with van der Waals surface area (Å²) in [5.74, 6) is -0.535. The standard InChI is InChI=1S/C15H17ClFN5OS/c1-9-4-2-3-7-22(9)15-21-20-14(24-15)19-13(23)18-10-5-6-12(17)11(16)8-10/h5-6,8-9H,2-4,7H2,1H3,(H2,18,19,20,23). The van der Waals surface area contributed by atoms with Gasteiger partial charge in [-0.2, -0.15) is 0 Å². The average Bonchev–Trinajstić information content (AvgIpc) is 2.99. The Hall–Kier alpha value is -1.93. The van der Waals surface area contributed by atoms with Crippen LogP contribution >= 0.6 is 22.9 Å². The van der Waals surface area contributed by atoms with Crippen molar-refractivity contribution in [1.29, 1.82) is 0 Å². The van der Waals surface area contributed by atoms with E-state index in [1.165, 1.54) is 36.0 Å². The molecule has 2 heterocycles. The molecule has 1 aromatic heterocycles. The van der Waals surface area contributed by atoms with Crippen molar-refractivity contribution in [1.82, 2.24) is 10.2 Å². The minimum Gasteiger partial charge on any atom is -0.344 e. The largest absolute Gasteiger partial charge is 0.344 e. The van der Waals surface area contributed by atoms with Gasteiger partial charge in [-0.25, -0.2) is 9.18 Å². The van der Waals surface area contributed by atoms with Crippen LogP contribution in [-0.4, -0.2) is 28.8 Å². The van der Waals surface area contributed by atoms with Crippen molar-refractivity contribution in [2.45, 2.75) is 32.2 Å². The van der Waals surface area contributed by atoms with Gasteiger partial charge >= 0.3 is 6.03 Å². The Bertz CT molecular complexity index is 740. The Morgan fingerprint density at radius 2 is 2.21 bits per heavy atom. The van der Waals surface area contributed by atoms with Crippen LogP contribution in [0.2, 0.25) is 5.02 Å². The lowest BCUT2D eigenvalue weighted by atomic mass is 10.1. The van der Waals surface area contributed by atoms with E-state index in [-0.39, 0.29) is 5.02 Å². The number of aromatic nitrogens is 2.